The van der Waals surface area contributed by atoms with Crippen molar-refractivity contribution in [2.75, 3.05) is 13.2 Å². The molecule has 1 aliphatic rings. The number of amides is 1. The summed E-state index contributed by atoms with van der Waals surface area (Å²) in [7, 11) is 0. The van der Waals surface area contributed by atoms with Gasteiger partial charge in [-0.3, -0.25) is 4.79 Å². The van der Waals surface area contributed by atoms with Crippen molar-refractivity contribution in [1.82, 2.24) is 5.32 Å². The third-order valence-electron chi connectivity index (χ3n) is 3.36. The second-order valence-electron chi connectivity index (χ2n) is 4.75. The van der Waals surface area contributed by atoms with Crippen LogP contribution in [0.5, 0.6) is 0 Å². The fourth-order valence-electron chi connectivity index (χ4n) is 2.16. The zero-order valence-corrected chi connectivity index (χ0v) is 12.4. The van der Waals surface area contributed by atoms with E-state index in [1.54, 1.807) is 6.07 Å². The molecule has 0 aromatic carbocycles. The van der Waals surface area contributed by atoms with Gasteiger partial charge in [-0.15, -0.1) is 11.3 Å². The van der Waals surface area contributed by atoms with Crippen LogP contribution in [0.15, 0.2) is 12.1 Å². The van der Waals surface area contributed by atoms with Crippen molar-refractivity contribution in [3.8, 4) is 0 Å². The number of aryl methyl sites for hydroxylation is 1. The van der Waals surface area contributed by atoms with Crippen LogP contribution in [-0.2, 0) is 20.7 Å². The fraction of sp³-hybridized carbons (Fsp3) is 0.538. The van der Waals surface area contributed by atoms with Crippen molar-refractivity contribution >= 4 is 34.8 Å². The van der Waals surface area contributed by atoms with Gasteiger partial charge in [0.1, 0.15) is 5.54 Å². The van der Waals surface area contributed by atoms with Crippen LogP contribution in [0.3, 0.4) is 0 Å². The Hall–Kier alpha value is -1.11. The molecule has 1 aromatic rings. The van der Waals surface area contributed by atoms with E-state index < -0.39 is 11.5 Å². The molecule has 2 rings (SSSR count). The molecule has 0 saturated carbocycles. The summed E-state index contributed by atoms with van der Waals surface area (Å²) in [6, 6.07) is 3.67. The van der Waals surface area contributed by atoms with E-state index >= 15 is 0 Å². The summed E-state index contributed by atoms with van der Waals surface area (Å²) >= 11 is 7.25. The van der Waals surface area contributed by atoms with Crippen LogP contribution in [0.2, 0.25) is 4.34 Å². The predicted molar refractivity (Wildman–Crippen MR) is 76.2 cm³/mol. The predicted octanol–water partition coefficient (Wildman–Crippen LogP) is 2.08. The van der Waals surface area contributed by atoms with Crippen LogP contribution >= 0.6 is 22.9 Å². The smallest absolute Gasteiger partial charge is 0.329 e. The number of nitrogens with one attached hydrogen (secondary N) is 1. The highest BCUT2D eigenvalue weighted by molar-refractivity contribution is 7.16. The van der Waals surface area contributed by atoms with Crippen LogP contribution in [0, 0.1) is 0 Å². The molecule has 0 spiro atoms. The summed E-state index contributed by atoms with van der Waals surface area (Å²) in [6.45, 7) is 0.709. The van der Waals surface area contributed by atoms with Gasteiger partial charge in [0.05, 0.1) is 4.34 Å². The molecule has 1 saturated heterocycles. The first-order chi connectivity index (χ1) is 9.52. The maximum absolute atomic E-state index is 12.0. The monoisotopic (exact) mass is 317 g/mol. The van der Waals surface area contributed by atoms with Gasteiger partial charge < -0.3 is 15.2 Å². The zero-order chi connectivity index (χ0) is 14.6. The van der Waals surface area contributed by atoms with Gasteiger partial charge in [0.2, 0.25) is 5.91 Å². The molecule has 0 unspecified atom stereocenters. The Balaban J connectivity index is 1.90. The molecule has 110 valence electrons. The number of ether oxygens (including phenoxy) is 1. The molecule has 20 heavy (non-hydrogen) atoms. The molecule has 0 atom stereocenters. The lowest BCUT2D eigenvalue weighted by Gasteiger charge is -2.33. The highest BCUT2D eigenvalue weighted by Crippen LogP contribution is 2.24. The van der Waals surface area contributed by atoms with Gasteiger partial charge in [-0.1, -0.05) is 11.6 Å². The Morgan fingerprint density at radius 1 is 1.40 bits per heavy atom. The Labute approximate surface area is 125 Å². The van der Waals surface area contributed by atoms with E-state index in [9.17, 15) is 14.7 Å². The number of thiophene rings is 1. The minimum Gasteiger partial charge on any atom is -0.480 e. The summed E-state index contributed by atoms with van der Waals surface area (Å²) in [6.07, 6.45) is 1.43. The number of carbonyl (C=O) groups excluding carboxylic acids is 1. The van der Waals surface area contributed by atoms with Crippen LogP contribution in [0.25, 0.3) is 0 Å². The summed E-state index contributed by atoms with van der Waals surface area (Å²) in [5.74, 6) is -1.24. The number of carboxylic acids is 1. The van der Waals surface area contributed by atoms with E-state index in [4.69, 9.17) is 16.3 Å². The number of aliphatic carboxylic acids is 1. The van der Waals surface area contributed by atoms with Crippen molar-refractivity contribution in [3.05, 3.63) is 21.3 Å². The van der Waals surface area contributed by atoms with Crippen molar-refractivity contribution in [2.45, 2.75) is 31.2 Å². The number of hydrogen-bond donors (Lipinski definition) is 2. The lowest BCUT2D eigenvalue weighted by molar-refractivity contribution is -0.152. The summed E-state index contributed by atoms with van der Waals surface area (Å²) < 4.78 is 5.85. The normalized spacial score (nSPS) is 17.6. The standard InChI is InChI=1S/C13H16ClNO4S/c14-10-3-1-9(20-10)2-4-11(16)15-13(12(17)18)5-7-19-8-6-13/h1,3H,2,4-8H2,(H,15,16)(H,17,18). The van der Waals surface area contributed by atoms with Gasteiger partial charge >= 0.3 is 5.97 Å². The molecule has 1 aromatic heterocycles. The van der Waals surface area contributed by atoms with Gasteiger partial charge in [0, 0.05) is 37.4 Å². The average molecular weight is 318 g/mol. The molecule has 1 aliphatic heterocycles. The Kier molecular flexibility index (Phi) is 5.01. The minimum atomic E-state index is -1.18. The SMILES string of the molecule is O=C(CCc1ccc(Cl)s1)NC1(C(=O)O)CCOCC1. The largest absolute Gasteiger partial charge is 0.480 e. The number of halogens is 1. The summed E-state index contributed by atoms with van der Waals surface area (Å²) in [5.41, 5.74) is -1.18. The highest BCUT2D eigenvalue weighted by atomic mass is 35.5. The second-order valence-corrected chi connectivity index (χ2v) is 6.55. The fourth-order valence-corrected chi connectivity index (χ4v) is 3.25. The number of hydrogen-bond acceptors (Lipinski definition) is 4. The van der Waals surface area contributed by atoms with E-state index in [1.165, 1.54) is 11.3 Å². The molecule has 7 heteroatoms. The topological polar surface area (TPSA) is 75.6 Å². The van der Waals surface area contributed by atoms with Crippen molar-refractivity contribution in [2.24, 2.45) is 0 Å². The average Bonchev–Trinajstić information content (AvgIpc) is 2.83. The van der Waals surface area contributed by atoms with Crippen LogP contribution < -0.4 is 5.32 Å². The molecule has 1 fully saturated rings. The summed E-state index contributed by atoms with van der Waals surface area (Å²) in [4.78, 5) is 24.4. The van der Waals surface area contributed by atoms with Crippen molar-refractivity contribution in [3.63, 3.8) is 0 Å². The maximum atomic E-state index is 12.0. The Bertz CT molecular complexity index is 496. The highest BCUT2D eigenvalue weighted by Gasteiger charge is 2.41. The minimum absolute atomic E-state index is 0.251. The molecule has 1 amide bonds. The Morgan fingerprint density at radius 3 is 2.65 bits per heavy atom. The van der Waals surface area contributed by atoms with Gasteiger partial charge in [-0.2, -0.15) is 0 Å². The maximum Gasteiger partial charge on any atom is 0.329 e. The van der Waals surface area contributed by atoms with Crippen LogP contribution in [0.1, 0.15) is 24.1 Å². The van der Waals surface area contributed by atoms with E-state index in [0.717, 1.165) is 4.88 Å². The first kappa shape index (κ1) is 15.3. The van der Waals surface area contributed by atoms with Gasteiger partial charge in [0.25, 0.3) is 0 Å². The quantitative estimate of drug-likeness (QED) is 0.872. The lowest BCUT2D eigenvalue weighted by Crippen LogP contribution is -2.57. The first-order valence-corrected chi connectivity index (χ1v) is 7.58. The van der Waals surface area contributed by atoms with Gasteiger partial charge in [0.15, 0.2) is 0 Å². The first-order valence-electron chi connectivity index (χ1n) is 6.38. The molecule has 0 radical (unpaired) electrons. The van der Waals surface area contributed by atoms with Crippen LogP contribution in [0.4, 0.5) is 0 Å². The van der Waals surface area contributed by atoms with E-state index in [1.807, 2.05) is 6.07 Å². The zero-order valence-electron chi connectivity index (χ0n) is 10.9. The van der Waals surface area contributed by atoms with Crippen molar-refractivity contribution < 1.29 is 19.4 Å². The van der Waals surface area contributed by atoms with Crippen molar-refractivity contribution in [1.29, 1.82) is 0 Å². The third-order valence-corrected chi connectivity index (χ3v) is 4.65. The van der Waals surface area contributed by atoms with E-state index in [2.05, 4.69) is 5.32 Å². The molecule has 5 nitrogen and oxygen atoms in total. The van der Waals surface area contributed by atoms with E-state index in [-0.39, 0.29) is 12.3 Å². The third kappa shape index (κ3) is 3.71. The molecule has 0 aliphatic carbocycles. The molecular formula is C13H16ClNO4S. The van der Waals surface area contributed by atoms with Crippen LogP contribution in [-0.4, -0.2) is 35.7 Å². The Morgan fingerprint density at radius 2 is 2.10 bits per heavy atom. The second kappa shape index (κ2) is 6.56. The molecule has 2 heterocycles. The lowest BCUT2D eigenvalue weighted by atomic mass is 9.90. The molecule has 0 bridgehead atoms. The molecule has 2 N–H and O–H groups in total. The van der Waals surface area contributed by atoms with E-state index in [0.29, 0.717) is 36.8 Å². The number of carboxylic acid groups (broad SMARTS) is 1. The number of carbonyl (C=O) groups is 2. The van der Waals surface area contributed by atoms with Gasteiger partial charge in [-0.05, 0) is 18.6 Å². The van der Waals surface area contributed by atoms with Gasteiger partial charge in [-0.25, -0.2) is 4.79 Å². The number of rotatable bonds is 5. The summed E-state index contributed by atoms with van der Waals surface area (Å²) in [5, 5.41) is 12.0. The molecular weight excluding hydrogens is 302 g/mol.